The van der Waals surface area contributed by atoms with E-state index in [1.165, 1.54) is 36.7 Å². The van der Waals surface area contributed by atoms with Crippen molar-refractivity contribution in [2.45, 2.75) is 36.9 Å². The van der Waals surface area contributed by atoms with E-state index in [0.717, 1.165) is 24.1 Å². The number of thioether (sulfide) groups is 1. The summed E-state index contributed by atoms with van der Waals surface area (Å²) in [4.78, 5) is 19.3. The van der Waals surface area contributed by atoms with Crippen LogP contribution < -0.4 is 5.32 Å². The Bertz CT molecular complexity index is 635. The van der Waals surface area contributed by atoms with Gasteiger partial charge in [-0.25, -0.2) is 9.37 Å². The Morgan fingerprint density at radius 2 is 2.05 bits per heavy atom. The number of imidazole rings is 1. The van der Waals surface area contributed by atoms with Gasteiger partial charge in [0.25, 0.3) is 0 Å². The van der Waals surface area contributed by atoms with Crippen LogP contribution in [0.3, 0.4) is 0 Å². The van der Waals surface area contributed by atoms with Crippen molar-refractivity contribution in [3.05, 3.63) is 36.3 Å². The van der Waals surface area contributed by atoms with E-state index in [9.17, 15) is 9.18 Å². The molecule has 22 heavy (non-hydrogen) atoms. The molecule has 2 N–H and O–H groups in total. The van der Waals surface area contributed by atoms with E-state index in [4.69, 9.17) is 0 Å². The number of aromatic amines is 1. The van der Waals surface area contributed by atoms with Crippen LogP contribution in [0.15, 0.2) is 35.6 Å². The molecule has 0 atom stereocenters. The molecule has 1 amide bonds. The third-order valence-corrected chi connectivity index (χ3v) is 4.66. The summed E-state index contributed by atoms with van der Waals surface area (Å²) in [6, 6.07) is 6.57. The maximum atomic E-state index is 12.9. The molecule has 1 aliphatic rings. The third-order valence-electron chi connectivity index (χ3n) is 3.77. The molecular weight excluding hydrogens is 301 g/mol. The Labute approximate surface area is 132 Å². The molecule has 6 heteroatoms. The molecule has 0 spiro atoms. The first-order chi connectivity index (χ1) is 10.7. The van der Waals surface area contributed by atoms with Gasteiger partial charge in [0.05, 0.1) is 17.6 Å². The van der Waals surface area contributed by atoms with Crippen molar-refractivity contribution < 1.29 is 9.18 Å². The van der Waals surface area contributed by atoms with E-state index in [0.29, 0.717) is 17.0 Å². The molecule has 0 unspecified atom stereocenters. The molecule has 1 fully saturated rings. The number of aromatic nitrogens is 2. The van der Waals surface area contributed by atoms with E-state index in [2.05, 4.69) is 15.3 Å². The molecule has 1 saturated carbocycles. The van der Waals surface area contributed by atoms with Crippen LogP contribution in [0.5, 0.6) is 0 Å². The van der Waals surface area contributed by atoms with Gasteiger partial charge in [0.15, 0.2) is 5.16 Å². The van der Waals surface area contributed by atoms with Gasteiger partial charge in [-0.15, -0.1) is 0 Å². The SMILES string of the molecule is O=C(CSc1ncc(-c2ccc(F)cc2)[nH]1)NC1CCCC1. The first-order valence-electron chi connectivity index (χ1n) is 7.44. The van der Waals surface area contributed by atoms with Crippen molar-refractivity contribution in [1.82, 2.24) is 15.3 Å². The lowest BCUT2D eigenvalue weighted by Gasteiger charge is -2.10. The summed E-state index contributed by atoms with van der Waals surface area (Å²) in [6.45, 7) is 0. The first-order valence-corrected chi connectivity index (χ1v) is 8.42. The number of nitrogens with one attached hydrogen (secondary N) is 2. The molecule has 0 radical (unpaired) electrons. The van der Waals surface area contributed by atoms with Crippen molar-refractivity contribution in [3.8, 4) is 11.3 Å². The van der Waals surface area contributed by atoms with Gasteiger partial charge in [-0.2, -0.15) is 0 Å². The smallest absolute Gasteiger partial charge is 0.230 e. The van der Waals surface area contributed by atoms with Gasteiger partial charge in [-0.05, 0) is 42.7 Å². The molecule has 0 bridgehead atoms. The fourth-order valence-corrected chi connectivity index (χ4v) is 3.29. The van der Waals surface area contributed by atoms with Gasteiger partial charge in [-0.3, -0.25) is 4.79 Å². The van der Waals surface area contributed by atoms with Crippen LogP contribution in [-0.2, 0) is 4.79 Å². The maximum Gasteiger partial charge on any atom is 0.230 e. The second-order valence-corrected chi connectivity index (χ2v) is 6.41. The Hall–Kier alpha value is -1.82. The highest BCUT2D eigenvalue weighted by Crippen LogP contribution is 2.22. The van der Waals surface area contributed by atoms with Crippen molar-refractivity contribution in [3.63, 3.8) is 0 Å². The van der Waals surface area contributed by atoms with Crippen LogP contribution in [0.4, 0.5) is 4.39 Å². The molecule has 1 aliphatic carbocycles. The summed E-state index contributed by atoms with van der Waals surface area (Å²) in [5, 5.41) is 3.75. The number of H-pyrrole nitrogens is 1. The van der Waals surface area contributed by atoms with Gasteiger partial charge < -0.3 is 10.3 Å². The highest BCUT2D eigenvalue weighted by atomic mass is 32.2. The second kappa shape index (κ2) is 6.96. The van der Waals surface area contributed by atoms with E-state index < -0.39 is 0 Å². The van der Waals surface area contributed by atoms with Gasteiger partial charge in [0, 0.05) is 6.04 Å². The standard InChI is InChI=1S/C16H18FN3OS/c17-12-7-5-11(6-8-12)14-9-18-16(20-14)22-10-15(21)19-13-3-1-2-4-13/h5-9,13H,1-4,10H2,(H,18,20)(H,19,21). The average Bonchev–Trinajstić information content (AvgIpc) is 3.17. The number of halogens is 1. The predicted molar refractivity (Wildman–Crippen MR) is 85.1 cm³/mol. The van der Waals surface area contributed by atoms with E-state index in [1.807, 2.05) is 0 Å². The molecule has 3 rings (SSSR count). The van der Waals surface area contributed by atoms with Crippen LogP contribution >= 0.6 is 11.8 Å². The lowest BCUT2D eigenvalue weighted by molar-refractivity contribution is -0.119. The van der Waals surface area contributed by atoms with Gasteiger partial charge >= 0.3 is 0 Å². The molecule has 0 saturated heterocycles. The quantitative estimate of drug-likeness (QED) is 0.831. The van der Waals surface area contributed by atoms with Crippen molar-refractivity contribution in [2.24, 2.45) is 0 Å². The summed E-state index contributed by atoms with van der Waals surface area (Å²) >= 11 is 1.38. The third kappa shape index (κ3) is 3.88. The number of hydrogen-bond acceptors (Lipinski definition) is 3. The number of benzene rings is 1. The molecular formula is C16H18FN3OS. The zero-order chi connectivity index (χ0) is 15.4. The molecule has 2 aromatic rings. The first kappa shape index (κ1) is 15.1. The Morgan fingerprint density at radius 3 is 2.77 bits per heavy atom. The number of nitrogens with zero attached hydrogens (tertiary/aromatic N) is 1. The summed E-state index contributed by atoms with van der Waals surface area (Å²) in [7, 11) is 0. The van der Waals surface area contributed by atoms with Crippen molar-refractivity contribution in [1.29, 1.82) is 0 Å². The van der Waals surface area contributed by atoms with Crippen LogP contribution in [0.25, 0.3) is 11.3 Å². The monoisotopic (exact) mass is 319 g/mol. The Kier molecular flexibility index (Phi) is 4.77. The fraction of sp³-hybridized carbons (Fsp3) is 0.375. The summed E-state index contributed by atoms with van der Waals surface area (Å²) in [5.41, 5.74) is 1.69. The van der Waals surface area contributed by atoms with E-state index in [1.54, 1.807) is 18.3 Å². The number of amides is 1. The van der Waals surface area contributed by atoms with Crippen LogP contribution in [0.1, 0.15) is 25.7 Å². The Morgan fingerprint density at radius 1 is 1.32 bits per heavy atom. The lowest BCUT2D eigenvalue weighted by Crippen LogP contribution is -2.33. The second-order valence-electron chi connectivity index (χ2n) is 5.45. The van der Waals surface area contributed by atoms with Crippen LogP contribution in [-0.4, -0.2) is 27.7 Å². The van der Waals surface area contributed by atoms with Gasteiger partial charge in [-0.1, -0.05) is 24.6 Å². The number of carbonyl (C=O) groups excluding carboxylic acids is 1. The van der Waals surface area contributed by atoms with Crippen LogP contribution in [0, 0.1) is 5.82 Å². The maximum absolute atomic E-state index is 12.9. The predicted octanol–water partition coefficient (Wildman–Crippen LogP) is 3.37. The summed E-state index contributed by atoms with van der Waals surface area (Å²) in [6.07, 6.45) is 6.29. The molecule has 0 aliphatic heterocycles. The van der Waals surface area contributed by atoms with Crippen molar-refractivity contribution >= 4 is 17.7 Å². The molecule has 1 aromatic heterocycles. The fourth-order valence-electron chi connectivity index (χ4n) is 2.63. The van der Waals surface area contributed by atoms with Gasteiger partial charge in [0.1, 0.15) is 5.82 Å². The average molecular weight is 319 g/mol. The number of hydrogen-bond donors (Lipinski definition) is 2. The minimum absolute atomic E-state index is 0.0524. The highest BCUT2D eigenvalue weighted by Gasteiger charge is 2.17. The minimum Gasteiger partial charge on any atom is -0.353 e. The number of rotatable bonds is 5. The molecule has 1 heterocycles. The van der Waals surface area contributed by atoms with E-state index in [-0.39, 0.29) is 11.7 Å². The lowest BCUT2D eigenvalue weighted by atomic mass is 10.2. The Balaban J connectivity index is 1.53. The zero-order valence-corrected chi connectivity index (χ0v) is 13.0. The normalized spacial score (nSPS) is 15.1. The minimum atomic E-state index is -0.263. The molecule has 116 valence electrons. The summed E-state index contributed by atoms with van der Waals surface area (Å²) in [5.74, 6) is 0.144. The van der Waals surface area contributed by atoms with E-state index >= 15 is 0 Å². The largest absolute Gasteiger partial charge is 0.353 e. The van der Waals surface area contributed by atoms with Crippen LogP contribution in [0.2, 0.25) is 0 Å². The highest BCUT2D eigenvalue weighted by molar-refractivity contribution is 7.99. The molecule has 1 aromatic carbocycles. The molecule has 4 nitrogen and oxygen atoms in total. The summed E-state index contributed by atoms with van der Waals surface area (Å²) < 4.78 is 12.9. The number of carbonyl (C=O) groups is 1. The van der Waals surface area contributed by atoms with Crippen molar-refractivity contribution in [2.75, 3.05) is 5.75 Å². The van der Waals surface area contributed by atoms with Gasteiger partial charge in [0.2, 0.25) is 5.91 Å². The topological polar surface area (TPSA) is 57.8 Å². The zero-order valence-electron chi connectivity index (χ0n) is 12.1.